The van der Waals surface area contributed by atoms with E-state index in [1.165, 1.54) is 0 Å². The summed E-state index contributed by atoms with van der Waals surface area (Å²) in [6, 6.07) is 8.68. The van der Waals surface area contributed by atoms with Gasteiger partial charge in [0, 0.05) is 22.6 Å². The largest absolute Gasteiger partial charge is 0.362 e. The first-order valence-corrected chi connectivity index (χ1v) is 8.58. The first kappa shape index (κ1) is 17.3. The number of rotatable bonds is 4. The van der Waals surface area contributed by atoms with Gasteiger partial charge in [0.2, 0.25) is 5.91 Å². The molecular weight excluding hydrogens is 362 g/mol. The van der Waals surface area contributed by atoms with Gasteiger partial charge in [-0.3, -0.25) is 19.3 Å². The second-order valence-corrected chi connectivity index (χ2v) is 6.83. The highest BCUT2D eigenvalue weighted by molar-refractivity contribution is 8.18. The minimum absolute atomic E-state index is 0.277. The Morgan fingerprint density at radius 1 is 1.36 bits per heavy atom. The number of nitrogens with zero attached hydrogens (tertiary/aromatic N) is 1. The van der Waals surface area contributed by atoms with Crippen LogP contribution < -0.4 is 5.32 Å². The van der Waals surface area contributed by atoms with Gasteiger partial charge < -0.3 is 10.3 Å². The summed E-state index contributed by atoms with van der Waals surface area (Å²) >= 11 is 6.73. The number of carbonyl (C=O) groups excluding carboxylic acids is 3. The smallest absolute Gasteiger partial charge is 0.294 e. The number of thioether (sulfide) groups is 1. The molecule has 128 valence electrons. The van der Waals surface area contributed by atoms with Crippen LogP contribution in [0.25, 0.3) is 6.08 Å². The number of hydrogen-bond donors (Lipinski definition) is 2. The summed E-state index contributed by atoms with van der Waals surface area (Å²) in [6.45, 7) is 1.48. The van der Waals surface area contributed by atoms with Crippen LogP contribution in [0, 0.1) is 6.92 Å². The topological polar surface area (TPSA) is 82.3 Å². The molecule has 0 unspecified atom stereocenters. The standard InChI is InChI=1S/C17H14ClN3O3S/c1-10-4-5-11(18)7-13(10)20-15(22)9-21-16(23)14(25-17(21)24)8-12-3-2-6-19-12/h2-8,19H,9H2,1H3,(H,20,22)/b14-8+. The van der Waals surface area contributed by atoms with E-state index in [4.69, 9.17) is 11.6 Å². The Morgan fingerprint density at radius 3 is 2.88 bits per heavy atom. The van der Waals surface area contributed by atoms with Gasteiger partial charge in [0.1, 0.15) is 6.54 Å². The van der Waals surface area contributed by atoms with Crippen LogP contribution >= 0.6 is 23.4 Å². The van der Waals surface area contributed by atoms with Gasteiger partial charge in [-0.1, -0.05) is 17.7 Å². The van der Waals surface area contributed by atoms with Crippen LogP contribution in [0.3, 0.4) is 0 Å². The number of halogens is 1. The monoisotopic (exact) mass is 375 g/mol. The van der Waals surface area contributed by atoms with Gasteiger partial charge in [0.05, 0.1) is 4.91 Å². The van der Waals surface area contributed by atoms with Gasteiger partial charge in [0.15, 0.2) is 0 Å². The van der Waals surface area contributed by atoms with Crippen LogP contribution in [-0.4, -0.2) is 33.5 Å². The van der Waals surface area contributed by atoms with E-state index in [1.807, 2.05) is 6.92 Å². The zero-order chi connectivity index (χ0) is 18.0. The third-order valence-electron chi connectivity index (χ3n) is 3.56. The summed E-state index contributed by atoms with van der Waals surface area (Å²) in [5.41, 5.74) is 2.09. The van der Waals surface area contributed by atoms with Gasteiger partial charge in [-0.25, -0.2) is 0 Å². The Labute approximate surface area is 153 Å². The fourth-order valence-electron chi connectivity index (χ4n) is 2.27. The van der Waals surface area contributed by atoms with Gasteiger partial charge in [-0.15, -0.1) is 0 Å². The van der Waals surface area contributed by atoms with Crippen molar-refractivity contribution in [3.8, 4) is 0 Å². The van der Waals surface area contributed by atoms with Crippen molar-refractivity contribution in [1.29, 1.82) is 0 Å². The van der Waals surface area contributed by atoms with Crippen LogP contribution in [0.4, 0.5) is 10.5 Å². The Kier molecular flexibility index (Phi) is 4.96. The number of amides is 3. The quantitative estimate of drug-likeness (QED) is 0.799. The van der Waals surface area contributed by atoms with E-state index in [0.717, 1.165) is 22.2 Å². The van der Waals surface area contributed by atoms with Gasteiger partial charge in [-0.2, -0.15) is 0 Å². The maximum Gasteiger partial charge on any atom is 0.294 e. The Morgan fingerprint density at radius 2 is 2.16 bits per heavy atom. The van der Waals surface area contributed by atoms with Crippen molar-refractivity contribution in [2.75, 3.05) is 11.9 Å². The zero-order valence-corrected chi connectivity index (χ0v) is 14.8. The summed E-state index contributed by atoms with van der Waals surface area (Å²) in [6.07, 6.45) is 3.31. The van der Waals surface area contributed by atoms with Crippen molar-refractivity contribution in [1.82, 2.24) is 9.88 Å². The molecule has 1 aliphatic rings. The molecule has 0 aliphatic carbocycles. The maximum atomic E-state index is 12.4. The highest BCUT2D eigenvalue weighted by Gasteiger charge is 2.36. The molecule has 3 rings (SSSR count). The van der Waals surface area contributed by atoms with E-state index in [2.05, 4.69) is 10.3 Å². The highest BCUT2D eigenvalue weighted by atomic mass is 35.5. The summed E-state index contributed by atoms with van der Waals surface area (Å²) in [5, 5.41) is 2.69. The first-order valence-electron chi connectivity index (χ1n) is 7.39. The molecule has 8 heteroatoms. The average Bonchev–Trinajstić information content (AvgIpc) is 3.15. The molecule has 0 radical (unpaired) electrons. The predicted molar refractivity (Wildman–Crippen MR) is 98.3 cm³/mol. The fraction of sp³-hybridized carbons (Fsp3) is 0.118. The van der Waals surface area contributed by atoms with Gasteiger partial charge in [0.25, 0.3) is 11.1 Å². The number of aryl methyl sites for hydroxylation is 1. The van der Waals surface area contributed by atoms with E-state index in [-0.39, 0.29) is 11.4 Å². The van der Waals surface area contributed by atoms with Crippen LogP contribution in [0.2, 0.25) is 5.02 Å². The molecule has 2 heterocycles. The number of aromatic amines is 1. The number of anilines is 1. The molecule has 0 bridgehead atoms. The van der Waals surface area contributed by atoms with Crippen molar-refractivity contribution in [3.05, 3.63) is 57.7 Å². The number of hydrogen-bond acceptors (Lipinski definition) is 4. The summed E-state index contributed by atoms with van der Waals surface area (Å²) in [4.78, 5) is 40.8. The van der Waals surface area contributed by atoms with Gasteiger partial charge >= 0.3 is 0 Å². The molecule has 1 aromatic heterocycles. The molecule has 0 spiro atoms. The molecule has 3 amide bonds. The number of benzene rings is 1. The lowest BCUT2D eigenvalue weighted by molar-refractivity contribution is -0.127. The van der Waals surface area contributed by atoms with E-state index >= 15 is 0 Å². The van der Waals surface area contributed by atoms with E-state index in [9.17, 15) is 14.4 Å². The lowest BCUT2D eigenvalue weighted by Crippen LogP contribution is -2.36. The maximum absolute atomic E-state index is 12.4. The number of nitrogens with one attached hydrogen (secondary N) is 2. The summed E-state index contributed by atoms with van der Waals surface area (Å²) in [5.74, 6) is -0.948. The van der Waals surface area contributed by atoms with E-state index in [0.29, 0.717) is 16.4 Å². The molecule has 1 aliphatic heterocycles. The van der Waals surface area contributed by atoms with Crippen molar-refractivity contribution < 1.29 is 14.4 Å². The van der Waals surface area contributed by atoms with Crippen LogP contribution in [0.5, 0.6) is 0 Å². The molecule has 2 aromatic rings. The van der Waals surface area contributed by atoms with Crippen molar-refractivity contribution in [2.45, 2.75) is 6.92 Å². The molecule has 1 saturated heterocycles. The Balaban J connectivity index is 1.70. The predicted octanol–water partition coefficient (Wildman–Crippen LogP) is 3.65. The normalized spacial score (nSPS) is 15.9. The summed E-state index contributed by atoms with van der Waals surface area (Å²) < 4.78 is 0. The number of H-pyrrole nitrogens is 1. The zero-order valence-electron chi connectivity index (χ0n) is 13.2. The molecular formula is C17H14ClN3O3S. The second-order valence-electron chi connectivity index (χ2n) is 5.40. The lowest BCUT2D eigenvalue weighted by Gasteiger charge is -2.13. The van der Waals surface area contributed by atoms with E-state index in [1.54, 1.807) is 42.6 Å². The molecule has 25 heavy (non-hydrogen) atoms. The molecule has 0 atom stereocenters. The second kappa shape index (κ2) is 7.16. The lowest BCUT2D eigenvalue weighted by atomic mass is 10.2. The minimum atomic E-state index is -0.484. The van der Waals surface area contributed by atoms with Crippen molar-refractivity contribution >= 4 is 52.2 Å². The minimum Gasteiger partial charge on any atom is -0.362 e. The highest BCUT2D eigenvalue weighted by Crippen LogP contribution is 2.31. The van der Waals surface area contributed by atoms with Gasteiger partial charge in [-0.05, 0) is 54.6 Å². The molecule has 0 saturated carbocycles. The van der Waals surface area contributed by atoms with E-state index < -0.39 is 17.1 Å². The number of aromatic nitrogens is 1. The van der Waals surface area contributed by atoms with Crippen LogP contribution in [-0.2, 0) is 9.59 Å². The number of carbonyl (C=O) groups is 3. The third kappa shape index (κ3) is 3.94. The molecule has 1 aromatic carbocycles. The fourth-order valence-corrected chi connectivity index (χ4v) is 3.28. The number of imide groups is 1. The van der Waals surface area contributed by atoms with Crippen LogP contribution in [0.15, 0.2) is 41.4 Å². The molecule has 6 nitrogen and oxygen atoms in total. The third-order valence-corrected chi connectivity index (χ3v) is 4.70. The Bertz CT molecular complexity index is 877. The average molecular weight is 376 g/mol. The molecule has 2 N–H and O–H groups in total. The van der Waals surface area contributed by atoms with Crippen molar-refractivity contribution in [3.63, 3.8) is 0 Å². The SMILES string of the molecule is Cc1ccc(Cl)cc1NC(=O)CN1C(=O)S/C(=C/c2ccc[nH]2)C1=O. The van der Waals surface area contributed by atoms with Crippen molar-refractivity contribution in [2.24, 2.45) is 0 Å². The first-order chi connectivity index (χ1) is 11.9. The summed E-state index contributed by atoms with van der Waals surface area (Å²) in [7, 11) is 0. The molecule has 1 fully saturated rings. The Hall–Kier alpha value is -2.51. The van der Waals surface area contributed by atoms with Crippen LogP contribution in [0.1, 0.15) is 11.3 Å².